The molecule has 0 amide bonds. The van der Waals surface area contributed by atoms with Crippen molar-refractivity contribution in [1.82, 2.24) is 0 Å². The Morgan fingerprint density at radius 3 is 1.19 bits per heavy atom. The van der Waals surface area contributed by atoms with Crippen LogP contribution in [0.25, 0.3) is 109 Å². The average Bonchev–Trinajstić information content (AvgIpc) is 4.10. The van der Waals surface area contributed by atoms with E-state index in [1.165, 1.54) is 38.1 Å². The van der Waals surface area contributed by atoms with E-state index in [-0.39, 0.29) is 0 Å². The second-order valence-corrected chi connectivity index (χ2v) is 19.2. The maximum absolute atomic E-state index is 6.96. The fraction of sp³-hybridized carbons (Fsp3) is 0. The van der Waals surface area contributed by atoms with Gasteiger partial charge in [-0.15, -0.1) is 0 Å². The van der Waals surface area contributed by atoms with Crippen LogP contribution in [0.3, 0.4) is 0 Å². The Labute approximate surface area is 426 Å². The summed E-state index contributed by atoms with van der Waals surface area (Å²) in [5.41, 5.74) is 14.3. The highest BCUT2D eigenvalue weighted by Gasteiger charge is 2.24. The van der Waals surface area contributed by atoms with Gasteiger partial charge in [0.2, 0.25) is 0 Å². The van der Waals surface area contributed by atoms with Gasteiger partial charge in [0, 0.05) is 55.7 Å². The first-order valence-electron chi connectivity index (χ1n) is 25.2. The lowest BCUT2D eigenvalue weighted by molar-refractivity contribution is 0.669. The Morgan fingerprint density at radius 1 is 0.230 bits per heavy atom. The number of para-hydroxylation sites is 1. The van der Waals surface area contributed by atoms with Gasteiger partial charge >= 0.3 is 0 Å². The molecule has 15 aromatic rings. The van der Waals surface area contributed by atoms with E-state index in [0.717, 1.165) is 105 Å². The van der Waals surface area contributed by atoms with Gasteiger partial charge in [-0.2, -0.15) is 0 Å². The standard InChI is InChI=1S/C70H44N2O2/c1-3-15-45(16-4-1)46-27-35-53(36-28-46)71(61-44-65-68(60-26-14-13-25-59(60)61)66-56-22-10-7-17-49(56)33-41-63(66)73-65)54-37-29-47(30-38-54)48-31-39-55(40-32-48)72(52-20-5-2-6-21-52)62-43-51-19-9-12-24-58(51)69-67-57-23-11-8-18-50(57)34-42-64(67)74-70(62)69/h1-44H. The maximum atomic E-state index is 6.96. The van der Waals surface area contributed by atoms with Crippen LogP contribution in [0, 0.1) is 0 Å². The first-order valence-corrected chi connectivity index (χ1v) is 25.2. The third-order valence-corrected chi connectivity index (χ3v) is 15.0. The second-order valence-electron chi connectivity index (χ2n) is 19.2. The highest BCUT2D eigenvalue weighted by Crippen LogP contribution is 2.49. The van der Waals surface area contributed by atoms with E-state index >= 15 is 0 Å². The normalized spacial score (nSPS) is 11.8. The third kappa shape index (κ3) is 6.69. The summed E-state index contributed by atoms with van der Waals surface area (Å²) in [6.07, 6.45) is 0. The second kappa shape index (κ2) is 16.9. The van der Waals surface area contributed by atoms with Crippen molar-refractivity contribution >= 4 is 121 Å². The molecule has 0 spiro atoms. The molecule has 0 radical (unpaired) electrons. The molecule has 0 fully saturated rings. The predicted octanol–water partition coefficient (Wildman–Crippen LogP) is 20.4. The summed E-state index contributed by atoms with van der Waals surface area (Å²) >= 11 is 0. The molecule has 74 heavy (non-hydrogen) atoms. The molecule has 0 atom stereocenters. The first-order chi connectivity index (χ1) is 36.7. The van der Waals surface area contributed by atoms with Gasteiger partial charge in [-0.25, -0.2) is 0 Å². The molecule has 0 aliphatic rings. The lowest BCUT2D eigenvalue weighted by Crippen LogP contribution is -2.10. The van der Waals surface area contributed by atoms with Gasteiger partial charge in [0.05, 0.1) is 11.4 Å². The molecule has 2 aromatic heterocycles. The van der Waals surface area contributed by atoms with Crippen molar-refractivity contribution in [2.45, 2.75) is 0 Å². The van der Waals surface area contributed by atoms with Gasteiger partial charge in [-0.3, -0.25) is 0 Å². The number of hydrogen-bond donors (Lipinski definition) is 0. The summed E-state index contributed by atoms with van der Waals surface area (Å²) in [4.78, 5) is 4.70. The summed E-state index contributed by atoms with van der Waals surface area (Å²) in [7, 11) is 0. The molecule has 0 unspecified atom stereocenters. The van der Waals surface area contributed by atoms with Crippen LogP contribution >= 0.6 is 0 Å². The smallest absolute Gasteiger partial charge is 0.160 e. The number of nitrogens with zero attached hydrogens (tertiary/aromatic N) is 2. The molecule has 346 valence electrons. The number of benzene rings is 13. The molecule has 0 saturated carbocycles. The number of anilines is 6. The Kier molecular flexibility index (Phi) is 9.54. The summed E-state index contributed by atoms with van der Waals surface area (Å²) < 4.78 is 13.8. The van der Waals surface area contributed by atoms with E-state index in [9.17, 15) is 0 Å². The molecule has 0 bridgehead atoms. The van der Waals surface area contributed by atoms with Crippen molar-refractivity contribution in [1.29, 1.82) is 0 Å². The van der Waals surface area contributed by atoms with E-state index in [4.69, 9.17) is 8.83 Å². The minimum Gasteiger partial charge on any atom is -0.456 e. The van der Waals surface area contributed by atoms with Crippen molar-refractivity contribution in [2.75, 3.05) is 9.80 Å². The van der Waals surface area contributed by atoms with Gasteiger partial charge in [-0.1, -0.05) is 194 Å². The van der Waals surface area contributed by atoms with E-state index in [2.05, 4.69) is 277 Å². The van der Waals surface area contributed by atoms with Crippen molar-refractivity contribution in [3.63, 3.8) is 0 Å². The zero-order chi connectivity index (χ0) is 48.7. The topological polar surface area (TPSA) is 32.8 Å². The van der Waals surface area contributed by atoms with Gasteiger partial charge in [-0.05, 0) is 127 Å². The molecule has 0 saturated heterocycles. The molecule has 2 heterocycles. The van der Waals surface area contributed by atoms with Crippen LogP contribution in [-0.2, 0) is 0 Å². The fourth-order valence-electron chi connectivity index (χ4n) is 11.6. The van der Waals surface area contributed by atoms with E-state index < -0.39 is 0 Å². The zero-order valence-electron chi connectivity index (χ0n) is 40.1. The van der Waals surface area contributed by atoms with Crippen LogP contribution in [0.1, 0.15) is 0 Å². The van der Waals surface area contributed by atoms with E-state index in [1.54, 1.807) is 0 Å². The highest BCUT2D eigenvalue weighted by molar-refractivity contribution is 6.30. The van der Waals surface area contributed by atoms with Crippen LogP contribution < -0.4 is 9.80 Å². The monoisotopic (exact) mass is 944 g/mol. The molecule has 0 N–H and O–H groups in total. The number of rotatable bonds is 8. The van der Waals surface area contributed by atoms with Gasteiger partial charge in [0.15, 0.2) is 5.58 Å². The molecule has 0 aliphatic carbocycles. The number of fused-ring (bicyclic) bond motifs is 14. The molecule has 13 aromatic carbocycles. The molecule has 0 aliphatic heterocycles. The highest BCUT2D eigenvalue weighted by atomic mass is 16.3. The van der Waals surface area contributed by atoms with E-state index in [0.29, 0.717) is 0 Å². The molecule has 4 heteroatoms. The summed E-state index contributed by atoms with van der Waals surface area (Å²) in [5, 5.41) is 13.9. The fourth-order valence-corrected chi connectivity index (χ4v) is 11.6. The molecular weight excluding hydrogens is 901 g/mol. The lowest BCUT2D eigenvalue weighted by atomic mass is 9.97. The molecule has 15 rings (SSSR count). The van der Waals surface area contributed by atoms with Crippen LogP contribution in [-0.4, -0.2) is 0 Å². The van der Waals surface area contributed by atoms with Crippen molar-refractivity contribution < 1.29 is 8.83 Å². The van der Waals surface area contributed by atoms with Gasteiger partial charge in [0.25, 0.3) is 0 Å². The van der Waals surface area contributed by atoms with Gasteiger partial charge < -0.3 is 18.6 Å². The summed E-state index contributed by atoms with van der Waals surface area (Å²) in [6.45, 7) is 0. The van der Waals surface area contributed by atoms with Crippen LogP contribution in [0.4, 0.5) is 34.1 Å². The average molecular weight is 945 g/mol. The Hall–Kier alpha value is -9.90. The minimum atomic E-state index is 0.857. The summed E-state index contributed by atoms with van der Waals surface area (Å²) in [5.74, 6) is 0. The zero-order valence-corrected chi connectivity index (χ0v) is 40.1. The number of hydrogen-bond acceptors (Lipinski definition) is 4. The van der Waals surface area contributed by atoms with Crippen molar-refractivity contribution in [3.8, 4) is 22.3 Å². The van der Waals surface area contributed by atoms with Crippen molar-refractivity contribution in [3.05, 3.63) is 267 Å². The Bertz CT molecular complexity index is 4630. The number of furan rings is 2. The van der Waals surface area contributed by atoms with E-state index in [1.807, 2.05) is 0 Å². The van der Waals surface area contributed by atoms with Crippen molar-refractivity contribution in [2.24, 2.45) is 0 Å². The molecular formula is C70H44N2O2. The van der Waals surface area contributed by atoms with Crippen LogP contribution in [0.2, 0.25) is 0 Å². The quantitative estimate of drug-likeness (QED) is 0.152. The summed E-state index contributed by atoms with van der Waals surface area (Å²) in [6, 6.07) is 95.7. The van der Waals surface area contributed by atoms with Gasteiger partial charge in [0.1, 0.15) is 16.7 Å². The molecule has 4 nitrogen and oxygen atoms in total. The van der Waals surface area contributed by atoms with Crippen LogP contribution in [0.5, 0.6) is 0 Å². The van der Waals surface area contributed by atoms with Crippen LogP contribution in [0.15, 0.2) is 276 Å². The maximum Gasteiger partial charge on any atom is 0.160 e. The third-order valence-electron chi connectivity index (χ3n) is 15.0. The lowest BCUT2D eigenvalue weighted by Gasteiger charge is -2.27. The first kappa shape index (κ1) is 41.8. The minimum absolute atomic E-state index is 0.857. The Balaban J connectivity index is 0.853. The largest absolute Gasteiger partial charge is 0.456 e. The Morgan fingerprint density at radius 2 is 0.622 bits per heavy atom. The predicted molar refractivity (Wildman–Crippen MR) is 311 cm³/mol. The SMILES string of the molecule is c1ccc(-c2ccc(N(c3ccc(-c4ccc(N(c5ccccc5)c5cc6ccccc6c6c5oc5ccc7ccccc7c56)cc4)cc3)c3cc4oc5ccc6ccccc6c5c4c4ccccc34)cc2)cc1.